The lowest BCUT2D eigenvalue weighted by Gasteiger charge is -2.18. The summed E-state index contributed by atoms with van der Waals surface area (Å²) < 4.78 is 11.2. The third-order valence-electron chi connectivity index (χ3n) is 5.35. The van der Waals surface area contributed by atoms with Crippen molar-refractivity contribution in [3.8, 4) is 5.75 Å². The maximum atomic E-state index is 12.4. The highest BCUT2D eigenvalue weighted by atomic mass is 16.5. The highest BCUT2D eigenvalue weighted by molar-refractivity contribution is 5.92. The minimum Gasteiger partial charge on any atom is -0.485 e. The first kappa shape index (κ1) is 20.3. The number of aromatic nitrogens is 2. The zero-order chi connectivity index (χ0) is 20.9. The van der Waals surface area contributed by atoms with Gasteiger partial charge in [-0.15, -0.1) is 0 Å². The second-order valence-electron chi connectivity index (χ2n) is 8.34. The molecule has 1 saturated heterocycles. The van der Waals surface area contributed by atoms with E-state index in [2.05, 4.69) is 34.2 Å². The van der Waals surface area contributed by atoms with E-state index in [1.54, 1.807) is 18.5 Å². The number of fused-ring (bicyclic) bond motifs is 1. The van der Waals surface area contributed by atoms with Crippen molar-refractivity contribution in [1.82, 2.24) is 20.4 Å². The molecular formula is C23H28N4O3. The van der Waals surface area contributed by atoms with Crippen LogP contribution in [0.5, 0.6) is 5.75 Å². The Morgan fingerprint density at radius 1 is 1.37 bits per heavy atom. The van der Waals surface area contributed by atoms with E-state index in [0.717, 1.165) is 42.6 Å². The van der Waals surface area contributed by atoms with Crippen molar-refractivity contribution in [3.05, 3.63) is 54.2 Å². The van der Waals surface area contributed by atoms with E-state index >= 15 is 0 Å². The van der Waals surface area contributed by atoms with Gasteiger partial charge >= 0.3 is 0 Å². The summed E-state index contributed by atoms with van der Waals surface area (Å²) in [5.41, 5.74) is 0.285. The number of likely N-dealkylation sites (tertiary alicyclic amines) is 1. The summed E-state index contributed by atoms with van der Waals surface area (Å²) in [6.07, 6.45) is 4.65. The third-order valence-corrected chi connectivity index (χ3v) is 5.35. The first-order valence-corrected chi connectivity index (χ1v) is 10.5. The molecule has 0 spiro atoms. The molecule has 158 valence electrons. The van der Waals surface area contributed by atoms with Crippen molar-refractivity contribution in [2.75, 3.05) is 26.2 Å². The van der Waals surface area contributed by atoms with E-state index < -0.39 is 0 Å². The number of rotatable bonds is 8. The quantitative estimate of drug-likeness (QED) is 0.614. The van der Waals surface area contributed by atoms with Gasteiger partial charge in [0.25, 0.3) is 5.91 Å². The van der Waals surface area contributed by atoms with Crippen molar-refractivity contribution >= 4 is 16.7 Å². The lowest BCUT2D eigenvalue weighted by molar-refractivity contribution is 0.0938. The maximum absolute atomic E-state index is 12.4. The van der Waals surface area contributed by atoms with Gasteiger partial charge in [0, 0.05) is 48.9 Å². The minimum atomic E-state index is -0.205. The second-order valence-corrected chi connectivity index (χ2v) is 8.34. The molecule has 1 N–H and O–H groups in total. The van der Waals surface area contributed by atoms with Gasteiger partial charge in [-0.1, -0.05) is 31.1 Å². The Morgan fingerprint density at radius 2 is 2.27 bits per heavy atom. The van der Waals surface area contributed by atoms with Crippen LogP contribution in [0.3, 0.4) is 0 Å². The van der Waals surface area contributed by atoms with Crippen LogP contribution >= 0.6 is 0 Å². The van der Waals surface area contributed by atoms with Crippen LogP contribution in [0.15, 0.2) is 47.2 Å². The van der Waals surface area contributed by atoms with Gasteiger partial charge in [0.15, 0.2) is 11.5 Å². The highest BCUT2D eigenvalue weighted by Crippen LogP contribution is 2.25. The van der Waals surface area contributed by atoms with Crippen molar-refractivity contribution in [2.45, 2.75) is 26.9 Å². The number of nitrogens with one attached hydrogen (secondary N) is 1. The van der Waals surface area contributed by atoms with Crippen LogP contribution in [0.25, 0.3) is 10.8 Å². The first-order chi connectivity index (χ1) is 14.6. The number of ether oxygens (including phenoxy) is 1. The number of nitrogens with zero attached hydrogens (tertiary/aromatic N) is 3. The predicted molar refractivity (Wildman–Crippen MR) is 114 cm³/mol. The van der Waals surface area contributed by atoms with E-state index in [9.17, 15) is 4.79 Å². The van der Waals surface area contributed by atoms with Crippen molar-refractivity contribution in [1.29, 1.82) is 0 Å². The monoisotopic (exact) mass is 408 g/mol. The Balaban J connectivity index is 1.28. The summed E-state index contributed by atoms with van der Waals surface area (Å²) in [6, 6.07) is 9.36. The lowest BCUT2D eigenvalue weighted by Crippen LogP contribution is -2.32. The Labute approximate surface area is 176 Å². The van der Waals surface area contributed by atoms with Crippen LogP contribution in [-0.2, 0) is 6.61 Å². The van der Waals surface area contributed by atoms with Crippen molar-refractivity contribution in [3.63, 3.8) is 0 Å². The van der Waals surface area contributed by atoms with Gasteiger partial charge < -0.3 is 19.5 Å². The Hall–Kier alpha value is -2.93. The third kappa shape index (κ3) is 4.97. The van der Waals surface area contributed by atoms with Crippen LogP contribution in [0.4, 0.5) is 0 Å². The summed E-state index contributed by atoms with van der Waals surface area (Å²) in [7, 11) is 0. The van der Waals surface area contributed by atoms with Gasteiger partial charge in [-0.05, 0) is 36.9 Å². The van der Waals surface area contributed by atoms with Gasteiger partial charge in [-0.25, -0.2) is 0 Å². The molecule has 0 bridgehead atoms. The van der Waals surface area contributed by atoms with Gasteiger partial charge in [-0.2, -0.15) is 0 Å². The molecule has 30 heavy (non-hydrogen) atoms. The van der Waals surface area contributed by atoms with E-state index in [4.69, 9.17) is 9.26 Å². The fourth-order valence-corrected chi connectivity index (χ4v) is 3.94. The zero-order valence-electron chi connectivity index (χ0n) is 17.5. The molecule has 1 amide bonds. The fourth-order valence-electron chi connectivity index (χ4n) is 3.94. The topological polar surface area (TPSA) is 80.5 Å². The molecule has 3 heterocycles. The summed E-state index contributed by atoms with van der Waals surface area (Å²) in [5.74, 6) is 2.20. The second kappa shape index (κ2) is 9.26. The molecule has 1 aliphatic rings. The number of carbonyl (C=O) groups excluding carboxylic acids is 1. The summed E-state index contributed by atoms with van der Waals surface area (Å²) in [6.45, 7) is 8.59. The molecule has 7 nitrogen and oxygen atoms in total. The largest absolute Gasteiger partial charge is 0.485 e. The zero-order valence-corrected chi connectivity index (χ0v) is 17.5. The smallest absolute Gasteiger partial charge is 0.273 e. The van der Waals surface area contributed by atoms with E-state index in [0.29, 0.717) is 24.1 Å². The number of hydrogen-bond donors (Lipinski definition) is 1. The number of carbonyl (C=O) groups is 1. The molecule has 0 saturated carbocycles. The summed E-state index contributed by atoms with van der Waals surface area (Å²) in [4.78, 5) is 19.0. The van der Waals surface area contributed by atoms with Gasteiger partial charge in [0.1, 0.15) is 12.4 Å². The Bertz CT molecular complexity index is 996. The molecule has 0 radical (unpaired) electrons. The highest BCUT2D eigenvalue weighted by Gasteiger charge is 2.24. The molecule has 4 rings (SSSR count). The Kier molecular flexibility index (Phi) is 6.28. The standard InChI is InChI=1S/C23H28N4O3/c1-16(2)13-27-9-7-17(14-27)11-25-23(28)21-10-19(30-26-21)15-29-22-5-3-4-18-12-24-8-6-20(18)22/h3-6,8,10,12,16-17H,7,9,11,13-15H2,1-2H3,(H,25,28)/t17-/m0/s1. The molecule has 3 aromatic rings. The van der Waals surface area contributed by atoms with Crippen LogP contribution in [0.2, 0.25) is 0 Å². The van der Waals surface area contributed by atoms with Gasteiger partial charge in [0.2, 0.25) is 0 Å². The predicted octanol–water partition coefficient (Wildman–Crippen LogP) is 3.51. The first-order valence-electron chi connectivity index (χ1n) is 10.5. The molecule has 0 aliphatic carbocycles. The number of benzene rings is 1. The van der Waals surface area contributed by atoms with E-state index in [1.807, 2.05) is 24.3 Å². The van der Waals surface area contributed by atoms with Crippen LogP contribution < -0.4 is 10.1 Å². The van der Waals surface area contributed by atoms with Crippen LogP contribution in [0, 0.1) is 11.8 Å². The SMILES string of the molecule is CC(C)CN1CC[C@@H](CNC(=O)c2cc(COc3cccc4cnccc34)on2)C1. The van der Waals surface area contributed by atoms with E-state index in [-0.39, 0.29) is 18.2 Å². The number of hydrogen-bond acceptors (Lipinski definition) is 6. The average molecular weight is 409 g/mol. The molecule has 1 fully saturated rings. The lowest BCUT2D eigenvalue weighted by atomic mass is 10.1. The van der Waals surface area contributed by atoms with Crippen LogP contribution in [-0.4, -0.2) is 47.1 Å². The van der Waals surface area contributed by atoms with Gasteiger partial charge in [0.05, 0.1) is 0 Å². The Morgan fingerprint density at radius 3 is 3.13 bits per heavy atom. The van der Waals surface area contributed by atoms with Gasteiger partial charge in [-0.3, -0.25) is 9.78 Å². The number of amides is 1. The fraction of sp³-hybridized carbons (Fsp3) is 0.435. The molecule has 0 unspecified atom stereocenters. The molecule has 7 heteroatoms. The molecular weight excluding hydrogens is 380 g/mol. The normalized spacial score (nSPS) is 17.0. The average Bonchev–Trinajstić information content (AvgIpc) is 3.39. The maximum Gasteiger partial charge on any atom is 0.273 e. The molecule has 1 aliphatic heterocycles. The van der Waals surface area contributed by atoms with E-state index in [1.165, 1.54) is 0 Å². The summed E-state index contributed by atoms with van der Waals surface area (Å²) in [5, 5.41) is 8.88. The van der Waals surface area contributed by atoms with Crippen LogP contribution in [0.1, 0.15) is 36.5 Å². The number of pyridine rings is 1. The molecule has 1 atom stereocenters. The minimum absolute atomic E-state index is 0.203. The van der Waals surface area contributed by atoms with Crippen molar-refractivity contribution in [2.24, 2.45) is 11.8 Å². The molecule has 1 aromatic carbocycles. The van der Waals surface area contributed by atoms with Crippen molar-refractivity contribution < 1.29 is 14.1 Å². The molecule has 2 aromatic heterocycles. The summed E-state index contributed by atoms with van der Waals surface area (Å²) >= 11 is 0.